The van der Waals surface area contributed by atoms with Crippen LogP contribution in [0.2, 0.25) is 0 Å². The van der Waals surface area contributed by atoms with Crippen molar-refractivity contribution >= 4 is 0 Å². The topological polar surface area (TPSA) is 72.7 Å². The summed E-state index contributed by atoms with van der Waals surface area (Å²) in [7, 11) is 0. The summed E-state index contributed by atoms with van der Waals surface area (Å²) in [5.74, 6) is -0.275. The average molecular weight is 273 g/mol. The Morgan fingerprint density at radius 3 is 2.35 bits per heavy atom. The molecule has 0 aromatic heterocycles. The number of phenols is 2. The van der Waals surface area contributed by atoms with Crippen LogP contribution in [0.5, 0.6) is 11.5 Å². The van der Waals surface area contributed by atoms with Gasteiger partial charge in [-0.2, -0.15) is 0 Å². The average Bonchev–Trinajstić information content (AvgIpc) is 2.49. The Morgan fingerprint density at radius 2 is 1.70 bits per heavy atom. The lowest BCUT2D eigenvalue weighted by Crippen LogP contribution is -2.42. The van der Waals surface area contributed by atoms with Crippen LogP contribution in [0, 0.1) is 0 Å². The molecule has 2 aromatic rings. The summed E-state index contributed by atoms with van der Waals surface area (Å²) in [6, 6.07) is 14.4. The molecule has 0 aliphatic heterocycles. The van der Waals surface area contributed by atoms with Gasteiger partial charge in [-0.3, -0.25) is 0 Å². The van der Waals surface area contributed by atoms with Gasteiger partial charge in [0.05, 0.1) is 12.1 Å². The second kappa shape index (κ2) is 5.94. The van der Waals surface area contributed by atoms with Gasteiger partial charge in [0.15, 0.2) is 11.5 Å². The fraction of sp³-hybridized carbons (Fsp3) is 0.250. The number of aliphatic hydroxyl groups is 1. The first-order chi connectivity index (χ1) is 9.57. The van der Waals surface area contributed by atoms with Gasteiger partial charge in [-0.1, -0.05) is 42.5 Å². The summed E-state index contributed by atoms with van der Waals surface area (Å²) in [5.41, 5.74) is 0.932. The standard InChI is InChI=1S/C16H19NO3/c1-16(11-18,13-7-3-2-4-8-13)17-10-12-6-5-9-14(19)15(12)20/h2-9,17-20H,10-11H2,1H3. The number of hydrogen-bond donors (Lipinski definition) is 4. The minimum absolute atomic E-state index is 0.0728. The molecule has 4 heteroatoms. The molecule has 20 heavy (non-hydrogen) atoms. The molecule has 4 N–H and O–H groups in total. The lowest BCUT2D eigenvalue weighted by Gasteiger charge is -2.29. The van der Waals surface area contributed by atoms with Crippen molar-refractivity contribution in [1.82, 2.24) is 5.32 Å². The highest BCUT2D eigenvalue weighted by Gasteiger charge is 2.25. The van der Waals surface area contributed by atoms with E-state index in [0.29, 0.717) is 12.1 Å². The zero-order valence-corrected chi connectivity index (χ0v) is 11.4. The third-order valence-corrected chi connectivity index (χ3v) is 3.49. The molecule has 0 spiro atoms. The summed E-state index contributed by atoms with van der Waals surface area (Å²) in [6.07, 6.45) is 0. The Labute approximate surface area is 118 Å². The van der Waals surface area contributed by atoms with Crippen LogP contribution in [0.4, 0.5) is 0 Å². The Hall–Kier alpha value is -2.04. The van der Waals surface area contributed by atoms with E-state index in [9.17, 15) is 15.3 Å². The van der Waals surface area contributed by atoms with E-state index >= 15 is 0 Å². The minimum Gasteiger partial charge on any atom is -0.504 e. The fourth-order valence-electron chi connectivity index (χ4n) is 2.07. The second-order valence-corrected chi connectivity index (χ2v) is 4.99. The van der Waals surface area contributed by atoms with Crippen LogP contribution in [-0.4, -0.2) is 21.9 Å². The molecule has 0 heterocycles. The first-order valence-corrected chi connectivity index (χ1v) is 6.48. The van der Waals surface area contributed by atoms with Crippen LogP contribution in [0.1, 0.15) is 18.1 Å². The number of phenolic OH excluding ortho intramolecular Hbond substituents is 2. The summed E-state index contributed by atoms with van der Waals surface area (Å²) >= 11 is 0. The van der Waals surface area contributed by atoms with Crippen LogP contribution < -0.4 is 5.32 Å². The van der Waals surface area contributed by atoms with Gasteiger partial charge in [0.2, 0.25) is 0 Å². The second-order valence-electron chi connectivity index (χ2n) is 4.99. The quantitative estimate of drug-likeness (QED) is 0.629. The van der Waals surface area contributed by atoms with Crippen molar-refractivity contribution in [2.75, 3.05) is 6.61 Å². The molecule has 0 bridgehead atoms. The lowest BCUT2D eigenvalue weighted by molar-refractivity contribution is 0.173. The van der Waals surface area contributed by atoms with Gasteiger partial charge in [-0.05, 0) is 18.6 Å². The van der Waals surface area contributed by atoms with Crippen molar-refractivity contribution in [1.29, 1.82) is 0 Å². The molecule has 0 amide bonds. The molecule has 2 rings (SSSR count). The highest BCUT2D eigenvalue weighted by atomic mass is 16.3. The van der Waals surface area contributed by atoms with E-state index in [-0.39, 0.29) is 18.1 Å². The molecule has 2 aromatic carbocycles. The van der Waals surface area contributed by atoms with Crippen molar-refractivity contribution in [2.24, 2.45) is 0 Å². The van der Waals surface area contributed by atoms with E-state index < -0.39 is 5.54 Å². The molecule has 4 nitrogen and oxygen atoms in total. The van der Waals surface area contributed by atoms with Gasteiger partial charge >= 0.3 is 0 Å². The monoisotopic (exact) mass is 273 g/mol. The fourth-order valence-corrected chi connectivity index (χ4v) is 2.07. The van der Waals surface area contributed by atoms with Crippen molar-refractivity contribution < 1.29 is 15.3 Å². The molecular formula is C16H19NO3. The Morgan fingerprint density at radius 1 is 1.00 bits per heavy atom. The van der Waals surface area contributed by atoms with Gasteiger partial charge in [0, 0.05) is 12.1 Å². The van der Waals surface area contributed by atoms with Gasteiger partial charge in [0.1, 0.15) is 0 Å². The predicted octanol–water partition coefficient (Wildman–Crippen LogP) is 2.10. The Bertz CT molecular complexity index is 571. The minimum atomic E-state index is -0.612. The number of aliphatic hydroxyl groups excluding tert-OH is 1. The number of nitrogens with one attached hydrogen (secondary N) is 1. The third-order valence-electron chi connectivity index (χ3n) is 3.49. The maximum Gasteiger partial charge on any atom is 0.161 e. The molecule has 0 aliphatic carbocycles. The number of hydrogen-bond acceptors (Lipinski definition) is 4. The van der Waals surface area contributed by atoms with Crippen molar-refractivity contribution in [3.8, 4) is 11.5 Å². The number of para-hydroxylation sites is 1. The normalized spacial score (nSPS) is 13.9. The molecule has 0 saturated heterocycles. The van der Waals surface area contributed by atoms with Gasteiger partial charge in [0.25, 0.3) is 0 Å². The van der Waals surface area contributed by atoms with Crippen molar-refractivity contribution in [3.63, 3.8) is 0 Å². The molecule has 1 atom stereocenters. The van der Waals surface area contributed by atoms with Crippen LogP contribution >= 0.6 is 0 Å². The summed E-state index contributed by atoms with van der Waals surface area (Å²) in [5, 5.41) is 32.2. The van der Waals surface area contributed by atoms with Crippen LogP contribution in [0.15, 0.2) is 48.5 Å². The third kappa shape index (κ3) is 2.92. The predicted molar refractivity (Wildman–Crippen MR) is 77.5 cm³/mol. The Balaban J connectivity index is 2.17. The molecule has 0 radical (unpaired) electrons. The zero-order valence-electron chi connectivity index (χ0n) is 11.4. The SMILES string of the molecule is CC(CO)(NCc1cccc(O)c1O)c1ccccc1. The smallest absolute Gasteiger partial charge is 0.161 e. The molecule has 106 valence electrons. The van der Waals surface area contributed by atoms with E-state index in [1.807, 2.05) is 37.3 Å². The maximum absolute atomic E-state index is 9.79. The van der Waals surface area contributed by atoms with Gasteiger partial charge in [-0.25, -0.2) is 0 Å². The summed E-state index contributed by atoms with van der Waals surface area (Å²) < 4.78 is 0. The largest absolute Gasteiger partial charge is 0.504 e. The molecule has 1 unspecified atom stereocenters. The highest BCUT2D eigenvalue weighted by molar-refractivity contribution is 5.44. The highest BCUT2D eigenvalue weighted by Crippen LogP contribution is 2.29. The summed E-state index contributed by atoms with van der Waals surface area (Å²) in [6.45, 7) is 2.16. The zero-order chi connectivity index (χ0) is 14.6. The van der Waals surface area contributed by atoms with Crippen LogP contribution in [0.3, 0.4) is 0 Å². The Kier molecular flexibility index (Phi) is 4.27. The lowest BCUT2D eigenvalue weighted by atomic mass is 9.92. The van der Waals surface area contributed by atoms with Crippen molar-refractivity contribution in [3.05, 3.63) is 59.7 Å². The molecule has 0 saturated carbocycles. The van der Waals surface area contributed by atoms with E-state index in [4.69, 9.17) is 0 Å². The van der Waals surface area contributed by atoms with E-state index in [0.717, 1.165) is 5.56 Å². The summed E-state index contributed by atoms with van der Waals surface area (Å²) in [4.78, 5) is 0. The number of aromatic hydroxyl groups is 2. The molecular weight excluding hydrogens is 254 g/mol. The van der Waals surface area contributed by atoms with Crippen LogP contribution in [-0.2, 0) is 12.1 Å². The number of benzene rings is 2. The number of rotatable bonds is 5. The van der Waals surface area contributed by atoms with Gasteiger partial charge < -0.3 is 20.6 Å². The molecule has 0 aliphatic rings. The van der Waals surface area contributed by atoms with Crippen LogP contribution in [0.25, 0.3) is 0 Å². The van der Waals surface area contributed by atoms with E-state index in [1.165, 1.54) is 6.07 Å². The first kappa shape index (κ1) is 14.4. The van der Waals surface area contributed by atoms with E-state index in [2.05, 4.69) is 5.32 Å². The van der Waals surface area contributed by atoms with Gasteiger partial charge in [-0.15, -0.1) is 0 Å². The maximum atomic E-state index is 9.79. The first-order valence-electron chi connectivity index (χ1n) is 6.48. The molecule has 0 fully saturated rings. The van der Waals surface area contributed by atoms with Crippen molar-refractivity contribution in [2.45, 2.75) is 19.0 Å². The van der Waals surface area contributed by atoms with E-state index in [1.54, 1.807) is 12.1 Å².